The predicted octanol–water partition coefficient (Wildman–Crippen LogP) is 5.03. The highest BCUT2D eigenvalue weighted by atomic mass is 32.2. The van der Waals surface area contributed by atoms with E-state index in [2.05, 4.69) is 29.4 Å². The number of hydrogen-bond donors (Lipinski definition) is 1. The van der Waals surface area contributed by atoms with E-state index in [1.54, 1.807) is 6.07 Å². The standard InChI is InChI=1S/C21H25N3OS/c1-5-7-17-9-8-16(13-22)21(24-17)26-19(6-2)20(25)23-18-11-14(3)10-15(4)12-18/h8-12,19H,5-7H2,1-4H3,(H,23,25). The van der Waals surface area contributed by atoms with Gasteiger partial charge in [0.15, 0.2) is 0 Å². The second kappa shape index (κ2) is 9.40. The largest absolute Gasteiger partial charge is 0.325 e. The summed E-state index contributed by atoms with van der Waals surface area (Å²) >= 11 is 1.37. The number of nitrogens with one attached hydrogen (secondary N) is 1. The van der Waals surface area contributed by atoms with Crippen LogP contribution >= 0.6 is 11.8 Å². The zero-order chi connectivity index (χ0) is 19.1. The summed E-state index contributed by atoms with van der Waals surface area (Å²) in [5.74, 6) is -0.0610. The highest BCUT2D eigenvalue weighted by Crippen LogP contribution is 2.28. The Labute approximate surface area is 160 Å². The molecule has 136 valence electrons. The van der Waals surface area contributed by atoms with Crippen LogP contribution < -0.4 is 5.32 Å². The molecular formula is C21H25N3OS. The molecule has 0 aliphatic carbocycles. The quantitative estimate of drug-likeness (QED) is 0.697. The van der Waals surface area contributed by atoms with Crippen molar-refractivity contribution in [2.45, 2.75) is 57.2 Å². The molecule has 2 rings (SSSR count). The van der Waals surface area contributed by atoms with Gasteiger partial charge in [0.25, 0.3) is 0 Å². The Kier molecular flexibility index (Phi) is 7.23. The molecule has 1 aromatic heterocycles. The summed E-state index contributed by atoms with van der Waals surface area (Å²) in [7, 11) is 0. The summed E-state index contributed by atoms with van der Waals surface area (Å²) in [5, 5.41) is 12.7. The topological polar surface area (TPSA) is 65.8 Å². The molecule has 0 spiro atoms. The Hall–Kier alpha value is -2.32. The molecule has 1 atom stereocenters. The van der Waals surface area contributed by atoms with E-state index >= 15 is 0 Å². The lowest BCUT2D eigenvalue weighted by Crippen LogP contribution is -2.25. The molecule has 0 saturated heterocycles. The first-order valence-corrected chi connectivity index (χ1v) is 9.80. The van der Waals surface area contributed by atoms with Gasteiger partial charge in [-0.25, -0.2) is 4.98 Å². The first-order valence-electron chi connectivity index (χ1n) is 8.92. The van der Waals surface area contributed by atoms with Gasteiger partial charge in [-0.3, -0.25) is 4.79 Å². The number of rotatable bonds is 7. The Morgan fingerprint density at radius 2 is 1.92 bits per heavy atom. The maximum atomic E-state index is 12.7. The van der Waals surface area contributed by atoms with E-state index in [1.165, 1.54) is 11.8 Å². The van der Waals surface area contributed by atoms with Crippen molar-refractivity contribution in [1.82, 2.24) is 4.98 Å². The number of aromatic nitrogens is 1. The van der Waals surface area contributed by atoms with Crippen molar-refractivity contribution < 1.29 is 4.79 Å². The molecule has 0 aliphatic rings. The summed E-state index contributed by atoms with van der Waals surface area (Å²) in [4.78, 5) is 17.3. The maximum Gasteiger partial charge on any atom is 0.237 e. The number of carbonyl (C=O) groups is 1. The second-order valence-electron chi connectivity index (χ2n) is 6.40. The summed E-state index contributed by atoms with van der Waals surface area (Å²) < 4.78 is 0. The van der Waals surface area contributed by atoms with Crippen molar-refractivity contribution in [2.24, 2.45) is 0 Å². The van der Waals surface area contributed by atoms with Crippen molar-refractivity contribution >= 4 is 23.4 Å². The Balaban J connectivity index is 2.19. The molecule has 4 nitrogen and oxygen atoms in total. The van der Waals surface area contributed by atoms with Gasteiger partial charge in [-0.2, -0.15) is 5.26 Å². The zero-order valence-electron chi connectivity index (χ0n) is 15.8. The molecule has 2 aromatic rings. The van der Waals surface area contributed by atoms with E-state index < -0.39 is 0 Å². The number of pyridine rings is 1. The van der Waals surface area contributed by atoms with Crippen molar-refractivity contribution in [3.63, 3.8) is 0 Å². The minimum atomic E-state index is -0.299. The smallest absolute Gasteiger partial charge is 0.237 e. The average Bonchev–Trinajstić information content (AvgIpc) is 2.59. The summed E-state index contributed by atoms with van der Waals surface area (Å²) in [6.45, 7) is 8.09. The molecule has 1 aromatic carbocycles. The SMILES string of the molecule is CCCc1ccc(C#N)c(SC(CC)C(=O)Nc2cc(C)cc(C)c2)n1. The zero-order valence-corrected chi connectivity index (χ0v) is 16.6. The third kappa shape index (κ3) is 5.34. The van der Waals surface area contributed by atoms with Gasteiger partial charge in [0.2, 0.25) is 5.91 Å². The van der Waals surface area contributed by atoms with E-state index in [9.17, 15) is 10.1 Å². The Morgan fingerprint density at radius 1 is 1.23 bits per heavy atom. The lowest BCUT2D eigenvalue weighted by Gasteiger charge is -2.16. The monoisotopic (exact) mass is 367 g/mol. The van der Waals surface area contributed by atoms with Crippen LogP contribution in [0, 0.1) is 25.2 Å². The third-order valence-electron chi connectivity index (χ3n) is 3.95. The molecule has 1 heterocycles. The van der Waals surface area contributed by atoms with E-state index in [1.807, 2.05) is 39.0 Å². The number of benzene rings is 1. The van der Waals surface area contributed by atoms with Gasteiger partial charge in [-0.05, 0) is 62.1 Å². The van der Waals surface area contributed by atoms with Crippen LogP contribution in [-0.2, 0) is 11.2 Å². The van der Waals surface area contributed by atoms with Gasteiger partial charge < -0.3 is 5.32 Å². The van der Waals surface area contributed by atoms with Gasteiger partial charge >= 0.3 is 0 Å². The number of amides is 1. The van der Waals surface area contributed by atoms with Crippen molar-refractivity contribution in [1.29, 1.82) is 5.26 Å². The van der Waals surface area contributed by atoms with Crippen LogP contribution in [0.25, 0.3) is 0 Å². The van der Waals surface area contributed by atoms with Gasteiger partial charge in [-0.15, -0.1) is 0 Å². The summed E-state index contributed by atoms with van der Waals surface area (Å²) in [6, 6.07) is 11.9. The van der Waals surface area contributed by atoms with E-state index in [-0.39, 0.29) is 11.2 Å². The number of aryl methyl sites for hydroxylation is 3. The Bertz CT molecular complexity index is 806. The van der Waals surface area contributed by atoms with Crippen molar-refractivity contribution in [3.05, 3.63) is 52.7 Å². The number of anilines is 1. The maximum absolute atomic E-state index is 12.7. The number of hydrogen-bond acceptors (Lipinski definition) is 4. The van der Waals surface area contributed by atoms with Crippen LogP contribution in [0.5, 0.6) is 0 Å². The molecule has 1 unspecified atom stereocenters. The molecule has 0 saturated carbocycles. The van der Waals surface area contributed by atoms with Crippen LogP contribution in [-0.4, -0.2) is 16.1 Å². The molecule has 5 heteroatoms. The van der Waals surface area contributed by atoms with E-state index in [4.69, 9.17) is 0 Å². The van der Waals surface area contributed by atoms with E-state index in [0.717, 1.165) is 35.3 Å². The van der Waals surface area contributed by atoms with Gasteiger partial charge in [0.1, 0.15) is 11.1 Å². The molecule has 1 amide bonds. The highest BCUT2D eigenvalue weighted by Gasteiger charge is 2.21. The first-order chi connectivity index (χ1) is 12.5. The summed E-state index contributed by atoms with van der Waals surface area (Å²) in [6.07, 6.45) is 2.52. The van der Waals surface area contributed by atoms with Crippen molar-refractivity contribution in [2.75, 3.05) is 5.32 Å². The fraction of sp³-hybridized carbons (Fsp3) is 0.381. The minimum Gasteiger partial charge on any atom is -0.325 e. The minimum absolute atomic E-state index is 0.0610. The van der Waals surface area contributed by atoms with Crippen LogP contribution in [0.1, 0.15) is 49.1 Å². The second-order valence-corrected chi connectivity index (χ2v) is 7.59. The molecule has 0 radical (unpaired) electrons. The van der Waals surface area contributed by atoms with Gasteiger partial charge in [0, 0.05) is 11.4 Å². The van der Waals surface area contributed by atoms with Crippen LogP contribution in [0.3, 0.4) is 0 Å². The molecular weight excluding hydrogens is 342 g/mol. The highest BCUT2D eigenvalue weighted by molar-refractivity contribution is 8.00. The lowest BCUT2D eigenvalue weighted by molar-refractivity contribution is -0.115. The fourth-order valence-electron chi connectivity index (χ4n) is 2.78. The average molecular weight is 368 g/mol. The number of thioether (sulfide) groups is 1. The number of carbonyl (C=O) groups excluding carboxylic acids is 1. The Morgan fingerprint density at radius 3 is 2.50 bits per heavy atom. The molecule has 0 aliphatic heterocycles. The molecule has 0 bridgehead atoms. The van der Waals surface area contributed by atoms with Crippen LogP contribution in [0.15, 0.2) is 35.4 Å². The van der Waals surface area contributed by atoms with Gasteiger partial charge in [-0.1, -0.05) is 38.1 Å². The molecule has 26 heavy (non-hydrogen) atoms. The summed E-state index contributed by atoms with van der Waals surface area (Å²) in [5.41, 5.74) is 4.51. The van der Waals surface area contributed by atoms with Gasteiger partial charge in [0.05, 0.1) is 10.8 Å². The predicted molar refractivity (Wildman–Crippen MR) is 107 cm³/mol. The normalized spacial score (nSPS) is 11.7. The molecule has 1 N–H and O–H groups in total. The number of nitriles is 1. The van der Waals surface area contributed by atoms with E-state index in [0.29, 0.717) is 17.0 Å². The first kappa shape index (κ1) is 20.0. The van der Waals surface area contributed by atoms with Crippen molar-refractivity contribution in [3.8, 4) is 6.07 Å². The number of nitrogens with zero attached hydrogens (tertiary/aromatic N) is 2. The third-order valence-corrected chi connectivity index (χ3v) is 5.32. The molecule has 0 fully saturated rings. The lowest BCUT2D eigenvalue weighted by atomic mass is 10.1. The fourth-order valence-corrected chi connectivity index (χ4v) is 3.79. The van der Waals surface area contributed by atoms with Crippen LogP contribution in [0.2, 0.25) is 0 Å². The van der Waals surface area contributed by atoms with Crippen LogP contribution in [0.4, 0.5) is 5.69 Å².